The topological polar surface area (TPSA) is 136 Å². The average Bonchev–Trinajstić information content (AvgIpc) is 2.64. The molecule has 1 atom stereocenters. The molecular formula is C17H18F3N3O6S. The molecule has 0 aliphatic carbocycles. The van der Waals surface area contributed by atoms with Gasteiger partial charge in [-0.3, -0.25) is 10.1 Å². The molecule has 2 aromatic carbocycles. The molecule has 0 bridgehead atoms. The predicted molar refractivity (Wildman–Crippen MR) is 101 cm³/mol. The molecule has 1 unspecified atom stereocenters. The van der Waals surface area contributed by atoms with Crippen molar-refractivity contribution in [3.8, 4) is 5.75 Å². The molecule has 2 rings (SSSR count). The molecular weight excluding hydrogens is 431 g/mol. The van der Waals surface area contributed by atoms with Crippen molar-refractivity contribution in [2.45, 2.75) is 17.2 Å². The van der Waals surface area contributed by atoms with Crippen LogP contribution in [0.5, 0.6) is 5.75 Å². The Hall–Kier alpha value is -2.90. The summed E-state index contributed by atoms with van der Waals surface area (Å²) >= 11 is 0. The summed E-state index contributed by atoms with van der Waals surface area (Å²) in [6, 6.07) is 6.98. The number of nitrogens with two attached hydrogens (primary N) is 1. The lowest BCUT2D eigenvalue weighted by Gasteiger charge is -2.23. The summed E-state index contributed by atoms with van der Waals surface area (Å²) in [5, 5.41) is 26.4. The standard InChI is InChI=1S/C17H18F3N3O6S/c1-22(15-7-6-14(30(21,27)28)8-16(15)23(25)26)9-12(24)10-29-13-4-2-11(3-5-13)17(18,19)20/h2-8,12,24H,9-10H2,1H3,(H2,21,27,28). The number of rotatable bonds is 8. The Kier molecular flexibility index (Phi) is 6.90. The predicted octanol–water partition coefficient (Wildman–Crippen LogP) is 2.14. The summed E-state index contributed by atoms with van der Waals surface area (Å²) in [4.78, 5) is 11.4. The maximum Gasteiger partial charge on any atom is 0.416 e. The number of sulfonamides is 1. The zero-order chi connectivity index (χ0) is 22.7. The van der Waals surface area contributed by atoms with E-state index >= 15 is 0 Å². The Bertz CT molecular complexity index is 1010. The smallest absolute Gasteiger partial charge is 0.416 e. The molecule has 0 aromatic heterocycles. The van der Waals surface area contributed by atoms with Crippen molar-refractivity contribution in [3.63, 3.8) is 0 Å². The number of benzene rings is 2. The van der Waals surface area contributed by atoms with Gasteiger partial charge in [0.15, 0.2) is 0 Å². The molecule has 0 radical (unpaired) electrons. The van der Waals surface area contributed by atoms with Crippen molar-refractivity contribution in [3.05, 3.63) is 58.1 Å². The molecule has 0 amide bonds. The van der Waals surface area contributed by atoms with E-state index in [1.54, 1.807) is 0 Å². The number of halogens is 3. The van der Waals surface area contributed by atoms with E-state index < -0.39 is 43.4 Å². The van der Waals surface area contributed by atoms with E-state index in [0.29, 0.717) is 0 Å². The summed E-state index contributed by atoms with van der Waals surface area (Å²) < 4.78 is 65.6. The first-order chi connectivity index (χ1) is 13.8. The van der Waals surface area contributed by atoms with Gasteiger partial charge in [-0.1, -0.05) is 0 Å². The van der Waals surface area contributed by atoms with Crippen molar-refractivity contribution in [2.24, 2.45) is 5.14 Å². The number of likely N-dealkylation sites (N-methyl/N-ethyl adjacent to an activating group) is 1. The zero-order valence-electron chi connectivity index (χ0n) is 15.5. The van der Waals surface area contributed by atoms with Gasteiger partial charge in [-0.2, -0.15) is 13.2 Å². The first kappa shape index (κ1) is 23.4. The highest BCUT2D eigenvalue weighted by molar-refractivity contribution is 7.89. The van der Waals surface area contributed by atoms with Crippen molar-refractivity contribution in [1.82, 2.24) is 0 Å². The van der Waals surface area contributed by atoms with Crippen molar-refractivity contribution in [2.75, 3.05) is 25.1 Å². The lowest BCUT2D eigenvalue weighted by atomic mass is 10.2. The molecule has 0 fully saturated rings. The van der Waals surface area contributed by atoms with Crippen LogP contribution in [-0.4, -0.2) is 44.8 Å². The van der Waals surface area contributed by atoms with E-state index in [-0.39, 0.29) is 24.6 Å². The van der Waals surface area contributed by atoms with Crippen LogP contribution in [0.3, 0.4) is 0 Å². The number of primary sulfonamides is 1. The summed E-state index contributed by atoms with van der Waals surface area (Å²) in [5.41, 5.74) is -1.34. The van der Waals surface area contributed by atoms with Crippen molar-refractivity contribution in [1.29, 1.82) is 0 Å². The van der Waals surface area contributed by atoms with Crippen molar-refractivity contribution < 1.29 is 36.4 Å². The van der Waals surface area contributed by atoms with Crippen LogP contribution in [0, 0.1) is 10.1 Å². The lowest BCUT2D eigenvalue weighted by molar-refractivity contribution is -0.384. The summed E-state index contributed by atoms with van der Waals surface area (Å²) in [7, 11) is -2.71. The third kappa shape index (κ3) is 6.05. The van der Waals surface area contributed by atoms with Crippen LogP contribution in [0.1, 0.15) is 5.56 Å². The highest BCUT2D eigenvalue weighted by Gasteiger charge is 2.30. The summed E-state index contributed by atoms with van der Waals surface area (Å²) in [6.45, 7) is -0.436. The minimum absolute atomic E-state index is 0.0287. The second-order valence-electron chi connectivity index (χ2n) is 6.32. The van der Waals surface area contributed by atoms with E-state index in [1.165, 1.54) is 18.0 Å². The molecule has 0 aliphatic rings. The maximum atomic E-state index is 12.5. The van der Waals surface area contributed by atoms with Gasteiger partial charge in [0, 0.05) is 19.7 Å². The summed E-state index contributed by atoms with van der Waals surface area (Å²) in [5.74, 6) is 0.105. The van der Waals surface area contributed by atoms with Gasteiger partial charge in [0.25, 0.3) is 5.69 Å². The van der Waals surface area contributed by atoms with Gasteiger partial charge in [0.05, 0.1) is 15.4 Å². The fraction of sp³-hybridized carbons (Fsp3) is 0.294. The fourth-order valence-corrected chi connectivity index (χ4v) is 3.08. The third-order valence-corrected chi connectivity index (χ3v) is 4.90. The van der Waals surface area contributed by atoms with Gasteiger partial charge in [0.1, 0.15) is 24.1 Å². The van der Waals surface area contributed by atoms with Gasteiger partial charge in [-0.05, 0) is 36.4 Å². The van der Waals surface area contributed by atoms with Crippen LogP contribution in [0.2, 0.25) is 0 Å². The molecule has 2 aromatic rings. The largest absolute Gasteiger partial charge is 0.491 e. The number of nitro benzene ring substituents is 1. The average molecular weight is 449 g/mol. The van der Waals surface area contributed by atoms with Crippen molar-refractivity contribution >= 4 is 21.4 Å². The van der Waals surface area contributed by atoms with Crippen LogP contribution >= 0.6 is 0 Å². The zero-order valence-corrected chi connectivity index (χ0v) is 16.4. The quantitative estimate of drug-likeness (QED) is 0.465. The first-order valence-electron chi connectivity index (χ1n) is 8.29. The van der Waals surface area contributed by atoms with E-state index in [2.05, 4.69) is 0 Å². The minimum atomic E-state index is -4.48. The van der Waals surface area contributed by atoms with Crippen LogP contribution in [0.25, 0.3) is 0 Å². The SMILES string of the molecule is CN(CC(O)COc1ccc(C(F)(F)F)cc1)c1ccc(S(N)(=O)=O)cc1[N+](=O)[O-]. The Balaban J connectivity index is 2.05. The van der Waals surface area contributed by atoms with E-state index in [1.807, 2.05) is 0 Å². The molecule has 3 N–H and O–H groups in total. The van der Waals surface area contributed by atoms with Gasteiger partial charge < -0.3 is 14.7 Å². The fourth-order valence-electron chi connectivity index (χ4n) is 2.55. The Morgan fingerprint density at radius 1 is 1.23 bits per heavy atom. The van der Waals surface area contributed by atoms with Gasteiger partial charge in [-0.25, -0.2) is 13.6 Å². The number of nitro groups is 1. The normalized spacial score (nSPS) is 13.0. The molecule has 0 saturated heterocycles. The molecule has 9 nitrogen and oxygen atoms in total. The molecule has 0 heterocycles. The monoisotopic (exact) mass is 449 g/mol. The number of hydrogen-bond donors (Lipinski definition) is 2. The summed E-state index contributed by atoms with van der Waals surface area (Å²) in [6.07, 6.45) is -5.64. The van der Waals surface area contributed by atoms with E-state index in [9.17, 15) is 36.8 Å². The van der Waals surface area contributed by atoms with Crippen LogP contribution in [-0.2, 0) is 16.2 Å². The van der Waals surface area contributed by atoms with E-state index in [0.717, 1.165) is 36.4 Å². The van der Waals surface area contributed by atoms with Gasteiger partial charge in [0.2, 0.25) is 10.0 Å². The van der Waals surface area contributed by atoms with Crippen LogP contribution < -0.4 is 14.8 Å². The molecule has 0 aliphatic heterocycles. The highest BCUT2D eigenvalue weighted by Crippen LogP contribution is 2.31. The lowest BCUT2D eigenvalue weighted by Crippen LogP contribution is -2.33. The van der Waals surface area contributed by atoms with Crippen LogP contribution in [0.4, 0.5) is 24.5 Å². The molecule has 164 valence electrons. The molecule has 30 heavy (non-hydrogen) atoms. The second kappa shape index (κ2) is 8.85. The van der Waals surface area contributed by atoms with Gasteiger partial charge in [-0.15, -0.1) is 0 Å². The Morgan fingerprint density at radius 3 is 2.33 bits per heavy atom. The van der Waals surface area contributed by atoms with E-state index in [4.69, 9.17) is 9.88 Å². The number of hydrogen-bond acceptors (Lipinski definition) is 7. The van der Waals surface area contributed by atoms with Gasteiger partial charge >= 0.3 is 6.18 Å². The third-order valence-electron chi connectivity index (χ3n) is 3.99. The second-order valence-corrected chi connectivity index (χ2v) is 7.88. The minimum Gasteiger partial charge on any atom is -0.491 e. The molecule has 0 spiro atoms. The first-order valence-corrected chi connectivity index (χ1v) is 9.84. The number of aliphatic hydroxyl groups excluding tert-OH is 1. The molecule has 0 saturated carbocycles. The Morgan fingerprint density at radius 2 is 1.83 bits per heavy atom. The van der Waals surface area contributed by atoms with Crippen LogP contribution in [0.15, 0.2) is 47.4 Å². The number of nitrogens with zero attached hydrogens (tertiary/aromatic N) is 2. The Labute approximate surface area is 169 Å². The number of aliphatic hydroxyl groups is 1. The number of alkyl halides is 3. The number of ether oxygens (including phenoxy) is 1. The maximum absolute atomic E-state index is 12.5. The number of anilines is 1. The molecule has 13 heteroatoms. The highest BCUT2D eigenvalue weighted by atomic mass is 32.2.